The van der Waals surface area contributed by atoms with E-state index in [1.54, 1.807) is 54.7 Å². The summed E-state index contributed by atoms with van der Waals surface area (Å²) in [5, 5.41) is 10.5. The van der Waals surface area contributed by atoms with Crippen molar-refractivity contribution in [2.75, 3.05) is 19.7 Å². The number of pyridine rings is 2. The molecule has 2 aromatic heterocycles. The summed E-state index contributed by atoms with van der Waals surface area (Å²) < 4.78 is 5.94. The standard InChI is InChI=1S/C30H31N3O3/c34-29(26-7-2-1-3-8-26)30(35)27-9-11-28(12-10-27)36-21-5-19-33(23-25-13-17-31-18-14-25)20-15-24-6-4-16-32-22-24/h1-4,6-14,16-18,22,30,35H,5,15,19-21,23H2. The molecule has 0 saturated heterocycles. The molecule has 36 heavy (non-hydrogen) atoms. The highest BCUT2D eigenvalue weighted by Crippen LogP contribution is 2.21. The fourth-order valence-electron chi connectivity index (χ4n) is 3.99. The number of carbonyl (C=O) groups excluding carboxylic acids is 1. The zero-order valence-corrected chi connectivity index (χ0v) is 20.2. The van der Waals surface area contributed by atoms with E-state index in [4.69, 9.17) is 4.74 Å². The Morgan fingerprint density at radius 1 is 0.833 bits per heavy atom. The Balaban J connectivity index is 1.26. The Labute approximate surface area is 212 Å². The molecule has 1 unspecified atom stereocenters. The van der Waals surface area contributed by atoms with Crippen LogP contribution in [-0.4, -0.2) is 45.5 Å². The summed E-state index contributed by atoms with van der Waals surface area (Å²) in [4.78, 5) is 23.2. The van der Waals surface area contributed by atoms with Crippen LogP contribution in [0.25, 0.3) is 0 Å². The molecular weight excluding hydrogens is 450 g/mol. The fourth-order valence-corrected chi connectivity index (χ4v) is 3.99. The van der Waals surface area contributed by atoms with Crippen LogP contribution in [0.1, 0.15) is 39.6 Å². The Kier molecular flexibility index (Phi) is 9.31. The third kappa shape index (κ3) is 7.57. The van der Waals surface area contributed by atoms with Gasteiger partial charge in [-0.05, 0) is 59.9 Å². The van der Waals surface area contributed by atoms with E-state index in [0.29, 0.717) is 23.5 Å². The van der Waals surface area contributed by atoms with E-state index in [1.807, 2.05) is 42.9 Å². The zero-order chi connectivity index (χ0) is 25.0. The second-order valence-electron chi connectivity index (χ2n) is 8.65. The van der Waals surface area contributed by atoms with Crippen LogP contribution in [0.4, 0.5) is 0 Å². The number of ketones is 1. The molecule has 6 heteroatoms. The monoisotopic (exact) mass is 481 g/mol. The number of aliphatic hydroxyl groups is 1. The fraction of sp³-hybridized carbons (Fsp3) is 0.233. The van der Waals surface area contributed by atoms with Gasteiger partial charge in [0.15, 0.2) is 5.78 Å². The third-order valence-electron chi connectivity index (χ3n) is 5.98. The molecule has 0 radical (unpaired) electrons. The lowest BCUT2D eigenvalue weighted by Crippen LogP contribution is -2.28. The van der Waals surface area contributed by atoms with Gasteiger partial charge in [0.05, 0.1) is 6.61 Å². The molecule has 4 aromatic rings. The lowest BCUT2D eigenvalue weighted by molar-refractivity contribution is 0.0747. The maximum atomic E-state index is 12.5. The van der Waals surface area contributed by atoms with Crippen molar-refractivity contribution in [1.29, 1.82) is 0 Å². The predicted molar refractivity (Wildman–Crippen MR) is 140 cm³/mol. The molecule has 0 bridgehead atoms. The van der Waals surface area contributed by atoms with Gasteiger partial charge in [0, 0.05) is 50.0 Å². The van der Waals surface area contributed by atoms with Crippen LogP contribution in [0.15, 0.2) is 104 Å². The quantitative estimate of drug-likeness (QED) is 0.216. The molecule has 2 heterocycles. The first-order valence-electron chi connectivity index (χ1n) is 12.2. The van der Waals surface area contributed by atoms with E-state index < -0.39 is 6.10 Å². The van der Waals surface area contributed by atoms with Crippen molar-refractivity contribution >= 4 is 5.78 Å². The maximum absolute atomic E-state index is 12.5. The number of hydrogen-bond acceptors (Lipinski definition) is 6. The molecule has 184 valence electrons. The van der Waals surface area contributed by atoms with Gasteiger partial charge >= 0.3 is 0 Å². The van der Waals surface area contributed by atoms with Gasteiger partial charge in [0.25, 0.3) is 0 Å². The largest absolute Gasteiger partial charge is 0.494 e. The van der Waals surface area contributed by atoms with Crippen molar-refractivity contribution < 1.29 is 14.6 Å². The molecule has 4 rings (SSSR count). The summed E-state index contributed by atoms with van der Waals surface area (Å²) in [5.74, 6) is 0.402. The minimum atomic E-state index is -1.19. The summed E-state index contributed by atoms with van der Waals surface area (Å²) >= 11 is 0. The molecule has 2 aromatic carbocycles. The summed E-state index contributed by atoms with van der Waals surface area (Å²) in [6, 6.07) is 24.1. The molecule has 0 aliphatic rings. The van der Waals surface area contributed by atoms with Crippen molar-refractivity contribution in [2.45, 2.75) is 25.5 Å². The molecule has 0 aliphatic carbocycles. The van der Waals surface area contributed by atoms with Gasteiger partial charge in [-0.2, -0.15) is 0 Å². The van der Waals surface area contributed by atoms with Crippen LogP contribution in [0.2, 0.25) is 0 Å². The van der Waals surface area contributed by atoms with Crippen molar-refractivity contribution in [3.63, 3.8) is 0 Å². The minimum Gasteiger partial charge on any atom is -0.494 e. The molecule has 0 saturated carbocycles. The SMILES string of the molecule is O=C(c1ccccc1)C(O)c1ccc(OCCCN(CCc2cccnc2)Cc2ccncc2)cc1. The first-order valence-corrected chi connectivity index (χ1v) is 12.2. The van der Waals surface area contributed by atoms with Gasteiger partial charge in [-0.25, -0.2) is 0 Å². The highest BCUT2D eigenvalue weighted by molar-refractivity contribution is 5.99. The first kappa shape index (κ1) is 25.2. The summed E-state index contributed by atoms with van der Waals surface area (Å²) in [5.41, 5.74) is 3.50. The Bertz CT molecular complexity index is 1190. The summed E-state index contributed by atoms with van der Waals surface area (Å²) in [6.45, 7) is 3.25. The van der Waals surface area contributed by atoms with Gasteiger partial charge in [0.1, 0.15) is 11.9 Å². The molecule has 6 nitrogen and oxygen atoms in total. The smallest absolute Gasteiger partial charge is 0.195 e. The summed E-state index contributed by atoms with van der Waals surface area (Å²) in [7, 11) is 0. The van der Waals surface area contributed by atoms with Crippen LogP contribution in [0.3, 0.4) is 0 Å². The van der Waals surface area contributed by atoms with E-state index in [-0.39, 0.29) is 5.78 Å². The Morgan fingerprint density at radius 3 is 2.33 bits per heavy atom. The molecule has 0 fully saturated rings. The number of benzene rings is 2. The zero-order valence-electron chi connectivity index (χ0n) is 20.2. The maximum Gasteiger partial charge on any atom is 0.195 e. The van der Waals surface area contributed by atoms with Crippen LogP contribution in [0, 0.1) is 0 Å². The first-order chi connectivity index (χ1) is 17.7. The molecule has 1 atom stereocenters. The van der Waals surface area contributed by atoms with E-state index in [9.17, 15) is 9.90 Å². The van der Waals surface area contributed by atoms with Crippen LogP contribution < -0.4 is 4.74 Å². The van der Waals surface area contributed by atoms with Gasteiger partial charge in [-0.1, -0.05) is 48.5 Å². The number of rotatable bonds is 13. The van der Waals surface area contributed by atoms with Crippen molar-refractivity contribution in [3.05, 3.63) is 126 Å². The van der Waals surface area contributed by atoms with Crippen molar-refractivity contribution in [3.8, 4) is 5.75 Å². The highest BCUT2D eigenvalue weighted by atomic mass is 16.5. The Hall–Kier alpha value is -3.87. The van der Waals surface area contributed by atoms with Gasteiger partial charge < -0.3 is 9.84 Å². The van der Waals surface area contributed by atoms with Crippen molar-refractivity contribution in [2.24, 2.45) is 0 Å². The Morgan fingerprint density at radius 2 is 1.61 bits per heavy atom. The second kappa shape index (κ2) is 13.3. The van der Waals surface area contributed by atoms with Crippen LogP contribution >= 0.6 is 0 Å². The topological polar surface area (TPSA) is 75.6 Å². The number of ether oxygens (including phenoxy) is 1. The van der Waals surface area contributed by atoms with E-state index in [2.05, 4.69) is 20.9 Å². The number of aromatic nitrogens is 2. The van der Waals surface area contributed by atoms with E-state index >= 15 is 0 Å². The average molecular weight is 482 g/mol. The average Bonchev–Trinajstić information content (AvgIpc) is 2.95. The van der Waals surface area contributed by atoms with Crippen LogP contribution in [-0.2, 0) is 13.0 Å². The molecule has 0 aliphatic heterocycles. The van der Waals surface area contributed by atoms with Crippen molar-refractivity contribution in [1.82, 2.24) is 14.9 Å². The van der Waals surface area contributed by atoms with E-state index in [1.165, 1.54) is 11.1 Å². The molecule has 0 amide bonds. The molecule has 1 N–H and O–H groups in total. The lowest BCUT2D eigenvalue weighted by atomic mass is 10.00. The molecular formula is C30H31N3O3. The lowest BCUT2D eigenvalue weighted by Gasteiger charge is -2.22. The van der Waals surface area contributed by atoms with Gasteiger partial charge in [-0.15, -0.1) is 0 Å². The molecule has 0 spiro atoms. The summed E-state index contributed by atoms with van der Waals surface area (Å²) in [6.07, 6.45) is 7.98. The number of nitrogens with zero attached hydrogens (tertiary/aromatic N) is 3. The van der Waals surface area contributed by atoms with Crippen LogP contribution in [0.5, 0.6) is 5.75 Å². The minimum absolute atomic E-state index is 0.315. The van der Waals surface area contributed by atoms with E-state index in [0.717, 1.165) is 32.5 Å². The normalized spacial score (nSPS) is 11.8. The number of aliphatic hydroxyl groups excluding tert-OH is 1. The second-order valence-corrected chi connectivity index (χ2v) is 8.65. The number of Topliss-reactive ketones (excluding diaryl/α,β-unsaturated/α-hetero) is 1. The van der Waals surface area contributed by atoms with Gasteiger partial charge in [0.2, 0.25) is 0 Å². The number of carbonyl (C=O) groups is 1. The number of hydrogen-bond donors (Lipinski definition) is 1. The van der Waals surface area contributed by atoms with Gasteiger partial charge in [-0.3, -0.25) is 19.7 Å². The third-order valence-corrected chi connectivity index (χ3v) is 5.98. The predicted octanol–water partition coefficient (Wildman–Crippen LogP) is 4.91. The highest BCUT2D eigenvalue weighted by Gasteiger charge is 2.18.